The third-order valence-electron chi connectivity index (χ3n) is 5.81. The van der Waals surface area contributed by atoms with Crippen LogP contribution in [0.2, 0.25) is 0 Å². The molecule has 0 saturated heterocycles. The van der Waals surface area contributed by atoms with Crippen molar-refractivity contribution in [3.63, 3.8) is 0 Å². The molecule has 0 bridgehead atoms. The van der Waals surface area contributed by atoms with Gasteiger partial charge in [-0.25, -0.2) is 0 Å². The molecule has 0 N–H and O–H groups in total. The molecule has 4 aromatic carbocycles. The highest BCUT2D eigenvalue weighted by atomic mass is 14.1. The standard InChI is InChI=1S/C32H27B/c1-3-26-22-30(18-16-28(26)14-10-24-8-6-5-7-9-24)31-19-17-29(27(4-2)23-31)15-11-25-12-20-32(33)21-13-25/h5-9,12-13,16-23H,3-4,33H2,1-2H3. The van der Waals surface area contributed by atoms with Crippen molar-refractivity contribution in [2.24, 2.45) is 0 Å². The van der Waals surface area contributed by atoms with Gasteiger partial charge in [0.1, 0.15) is 7.85 Å². The Labute approximate surface area is 199 Å². The fourth-order valence-electron chi connectivity index (χ4n) is 3.81. The molecule has 0 atom stereocenters. The average Bonchev–Trinajstić information content (AvgIpc) is 2.87. The molecule has 158 valence electrons. The minimum Gasteiger partial charge on any atom is -0.0889 e. The summed E-state index contributed by atoms with van der Waals surface area (Å²) >= 11 is 0. The van der Waals surface area contributed by atoms with E-state index in [4.69, 9.17) is 0 Å². The first-order valence-electron chi connectivity index (χ1n) is 11.6. The Bertz CT molecular complexity index is 1370. The van der Waals surface area contributed by atoms with Gasteiger partial charge in [-0.2, -0.15) is 0 Å². The first-order valence-corrected chi connectivity index (χ1v) is 11.6. The van der Waals surface area contributed by atoms with Gasteiger partial charge in [-0.3, -0.25) is 0 Å². The molecule has 0 radical (unpaired) electrons. The van der Waals surface area contributed by atoms with Crippen LogP contribution >= 0.6 is 0 Å². The Morgan fingerprint density at radius 2 is 1.03 bits per heavy atom. The molecule has 0 aliphatic heterocycles. The largest absolute Gasteiger partial charge is 0.139 e. The predicted molar refractivity (Wildman–Crippen MR) is 144 cm³/mol. The molecule has 0 heterocycles. The van der Waals surface area contributed by atoms with E-state index in [9.17, 15) is 0 Å². The highest BCUT2D eigenvalue weighted by Crippen LogP contribution is 2.26. The predicted octanol–water partition coefficient (Wildman–Crippen LogP) is 5.54. The van der Waals surface area contributed by atoms with Crippen molar-refractivity contribution in [2.45, 2.75) is 26.7 Å². The lowest BCUT2D eigenvalue weighted by atomic mass is 9.94. The van der Waals surface area contributed by atoms with Crippen molar-refractivity contribution in [1.29, 1.82) is 0 Å². The second-order valence-electron chi connectivity index (χ2n) is 8.18. The minimum atomic E-state index is 0.951. The fraction of sp³-hybridized carbons (Fsp3) is 0.125. The molecule has 0 aliphatic rings. The van der Waals surface area contributed by atoms with Gasteiger partial charge in [0.05, 0.1) is 0 Å². The Kier molecular flexibility index (Phi) is 7.14. The topological polar surface area (TPSA) is 0 Å². The van der Waals surface area contributed by atoms with Crippen molar-refractivity contribution in [3.05, 3.63) is 124 Å². The van der Waals surface area contributed by atoms with Gasteiger partial charge in [-0.1, -0.05) is 85.5 Å². The third-order valence-corrected chi connectivity index (χ3v) is 5.81. The van der Waals surface area contributed by atoms with Crippen molar-refractivity contribution < 1.29 is 0 Å². The van der Waals surface area contributed by atoms with Crippen LogP contribution in [0.1, 0.15) is 47.2 Å². The lowest BCUT2D eigenvalue weighted by Crippen LogP contribution is -1.99. The van der Waals surface area contributed by atoms with Gasteiger partial charge in [0, 0.05) is 22.3 Å². The number of hydrogen-bond acceptors (Lipinski definition) is 0. The number of rotatable bonds is 3. The van der Waals surface area contributed by atoms with Crippen LogP contribution in [0.4, 0.5) is 0 Å². The highest BCUT2D eigenvalue weighted by molar-refractivity contribution is 6.32. The first kappa shape index (κ1) is 22.3. The third kappa shape index (κ3) is 5.66. The quantitative estimate of drug-likeness (QED) is 0.301. The van der Waals surface area contributed by atoms with Gasteiger partial charge < -0.3 is 0 Å². The second-order valence-corrected chi connectivity index (χ2v) is 8.18. The van der Waals surface area contributed by atoms with Crippen LogP contribution in [-0.4, -0.2) is 7.85 Å². The molecule has 0 spiro atoms. The summed E-state index contributed by atoms with van der Waals surface area (Å²) in [6, 6.07) is 31.8. The van der Waals surface area contributed by atoms with Crippen LogP contribution in [0.15, 0.2) is 91.0 Å². The molecular weight excluding hydrogens is 395 g/mol. The van der Waals surface area contributed by atoms with Gasteiger partial charge in [-0.15, -0.1) is 0 Å². The van der Waals surface area contributed by atoms with Crippen LogP contribution in [0.5, 0.6) is 0 Å². The maximum absolute atomic E-state index is 3.37. The molecule has 0 aliphatic carbocycles. The summed E-state index contributed by atoms with van der Waals surface area (Å²) in [6.07, 6.45) is 1.90. The van der Waals surface area contributed by atoms with Gasteiger partial charge >= 0.3 is 0 Å². The lowest BCUT2D eigenvalue weighted by Gasteiger charge is -2.10. The van der Waals surface area contributed by atoms with Crippen molar-refractivity contribution in [3.8, 4) is 34.8 Å². The van der Waals surface area contributed by atoms with E-state index in [0.717, 1.165) is 35.1 Å². The summed E-state index contributed by atoms with van der Waals surface area (Å²) in [7, 11) is 2.09. The van der Waals surface area contributed by atoms with Crippen LogP contribution in [0.25, 0.3) is 11.1 Å². The minimum absolute atomic E-state index is 0.951. The maximum Gasteiger partial charge on any atom is 0.139 e. The highest BCUT2D eigenvalue weighted by Gasteiger charge is 2.06. The van der Waals surface area contributed by atoms with Crippen molar-refractivity contribution in [2.75, 3.05) is 0 Å². The zero-order chi connectivity index (χ0) is 23.0. The molecule has 33 heavy (non-hydrogen) atoms. The zero-order valence-corrected chi connectivity index (χ0v) is 19.6. The molecule has 4 aromatic rings. The summed E-state index contributed by atoms with van der Waals surface area (Å²) in [5.74, 6) is 13.3. The van der Waals surface area contributed by atoms with E-state index in [-0.39, 0.29) is 0 Å². The number of hydrogen-bond donors (Lipinski definition) is 0. The van der Waals surface area contributed by atoms with E-state index in [1.54, 1.807) is 0 Å². The van der Waals surface area contributed by atoms with Crippen LogP contribution in [0.3, 0.4) is 0 Å². The Hall–Kier alpha value is -3.94. The maximum atomic E-state index is 3.37. The van der Waals surface area contributed by atoms with Crippen LogP contribution in [0, 0.1) is 23.7 Å². The zero-order valence-electron chi connectivity index (χ0n) is 19.6. The molecule has 0 saturated carbocycles. The van der Waals surface area contributed by atoms with E-state index in [1.165, 1.54) is 27.7 Å². The number of aryl methyl sites for hydroxylation is 2. The second kappa shape index (κ2) is 10.6. The molecule has 0 unspecified atom stereocenters. The Morgan fingerprint density at radius 3 is 1.52 bits per heavy atom. The normalized spacial score (nSPS) is 10.0. The summed E-state index contributed by atoms with van der Waals surface area (Å²) in [4.78, 5) is 0. The van der Waals surface area contributed by atoms with E-state index >= 15 is 0 Å². The van der Waals surface area contributed by atoms with Gasteiger partial charge in [0.25, 0.3) is 0 Å². The van der Waals surface area contributed by atoms with Gasteiger partial charge in [-0.05, 0) is 83.6 Å². The lowest BCUT2D eigenvalue weighted by molar-refractivity contribution is 1.12. The summed E-state index contributed by atoms with van der Waals surface area (Å²) in [6.45, 7) is 4.38. The molecule has 0 aromatic heterocycles. The van der Waals surface area contributed by atoms with Crippen LogP contribution in [-0.2, 0) is 12.8 Å². The first-order chi connectivity index (χ1) is 16.2. The fourth-order valence-corrected chi connectivity index (χ4v) is 3.81. The molecule has 1 heteroatoms. The number of benzene rings is 4. The molecule has 4 rings (SSSR count). The summed E-state index contributed by atoms with van der Waals surface area (Å²) < 4.78 is 0. The monoisotopic (exact) mass is 422 g/mol. The van der Waals surface area contributed by atoms with E-state index in [1.807, 2.05) is 30.3 Å². The van der Waals surface area contributed by atoms with E-state index in [0.29, 0.717) is 0 Å². The molecule has 0 amide bonds. The smallest absolute Gasteiger partial charge is 0.0889 e. The van der Waals surface area contributed by atoms with E-state index in [2.05, 4.69) is 106 Å². The molecule has 0 fully saturated rings. The van der Waals surface area contributed by atoms with Gasteiger partial charge in [0.15, 0.2) is 0 Å². The Morgan fingerprint density at radius 1 is 0.545 bits per heavy atom. The van der Waals surface area contributed by atoms with Crippen molar-refractivity contribution in [1.82, 2.24) is 0 Å². The average molecular weight is 422 g/mol. The van der Waals surface area contributed by atoms with Crippen molar-refractivity contribution >= 4 is 13.3 Å². The van der Waals surface area contributed by atoms with Gasteiger partial charge in [0.2, 0.25) is 0 Å². The molecular formula is C32H27B. The SMILES string of the molecule is Bc1ccc(C#Cc2ccc(-c3ccc(C#Cc4ccccc4)c(CC)c3)cc2CC)cc1. The Balaban J connectivity index is 1.62. The van der Waals surface area contributed by atoms with Crippen LogP contribution < -0.4 is 5.46 Å². The van der Waals surface area contributed by atoms with E-state index < -0.39 is 0 Å². The molecule has 0 nitrogen and oxygen atoms in total. The summed E-state index contributed by atoms with van der Waals surface area (Å²) in [5.41, 5.74) is 10.5. The summed E-state index contributed by atoms with van der Waals surface area (Å²) in [5, 5.41) is 0.